The van der Waals surface area contributed by atoms with Gasteiger partial charge in [-0.25, -0.2) is 0 Å². The number of nitrogens with one attached hydrogen (secondary N) is 1. The lowest BCUT2D eigenvalue weighted by atomic mass is 10.2. The van der Waals surface area contributed by atoms with E-state index in [1.807, 2.05) is 31.0 Å². The van der Waals surface area contributed by atoms with Crippen molar-refractivity contribution < 1.29 is 9.53 Å². The summed E-state index contributed by atoms with van der Waals surface area (Å²) in [7, 11) is 0. The van der Waals surface area contributed by atoms with Gasteiger partial charge in [0.25, 0.3) is 5.91 Å². The van der Waals surface area contributed by atoms with E-state index >= 15 is 0 Å². The first-order chi connectivity index (χ1) is 12.2. The van der Waals surface area contributed by atoms with Crippen LogP contribution < -0.4 is 10.1 Å². The molecule has 7 heteroatoms. The zero-order valence-electron chi connectivity index (χ0n) is 14.6. The summed E-state index contributed by atoms with van der Waals surface area (Å²) in [6, 6.07) is 6.02. The molecule has 0 spiro atoms. The van der Waals surface area contributed by atoms with Crippen LogP contribution >= 0.6 is 43.2 Å². The molecule has 0 radical (unpaired) electrons. The molecular formula is C18H24Br2N2O2S. The highest BCUT2D eigenvalue weighted by molar-refractivity contribution is 9.10. The van der Waals surface area contributed by atoms with Crippen LogP contribution in [0.1, 0.15) is 29.4 Å². The molecule has 2 heterocycles. The van der Waals surface area contributed by atoms with Crippen molar-refractivity contribution in [3.8, 4) is 5.75 Å². The van der Waals surface area contributed by atoms with Crippen molar-refractivity contribution in [2.75, 3.05) is 38.6 Å². The average Bonchev–Trinajstić information content (AvgIpc) is 3.25. The van der Waals surface area contributed by atoms with E-state index < -0.39 is 0 Å². The van der Waals surface area contributed by atoms with Gasteiger partial charge in [-0.1, -0.05) is 31.9 Å². The molecule has 1 aliphatic rings. The number of ether oxygens (including phenoxy) is 1. The fraction of sp³-hybridized carbons (Fsp3) is 0.500. The number of rotatable bonds is 6. The van der Waals surface area contributed by atoms with E-state index in [2.05, 4.69) is 42.1 Å². The summed E-state index contributed by atoms with van der Waals surface area (Å²) in [5.74, 6) is 2.48. The molecule has 1 aromatic carbocycles. The number of carbonyl (C=O) groups is 1. The van der Waals surface area contributed by atoms with Gasteiger partial charge < -0.3 is 15.0 Å². The van der Waals surface area contributed by atoms with Gasteiger partial charge in [-0.3, -0.25) is 4.79 Å². The zero-order valence-corrected chi connectivity index (χ0v) is 18.6. The first kappa shape index (κ1) is 20.7. The number of halogens is 2. The lowest BCUT2D eigenvalue weighted by molar-refractivity contribution is 0.0950. The summed E-state index contributed by atoms with van der Waals surface area (Å²) in [6.07, 6.45) is 2.54. The molecule has 1 aromatic heterocycles. The Morgan fingerprint density at radius 3 is 2.72 bits per heavy atom. The second-order valence-corrected chi connectivity index (χ2v) is 7.61. The van der Waals surface area contributed by atoms with Crippen LogP contribution in [0.4, 0.5) is 0 Å². The minimum absolute atomic E-state index is 0.0371. The SMILES string of the molecule is CBr.CCOc1c(C(=O)NCCN2CCCC2)sc2ccc(Br)cc12. The number of likely N-dealkylation sites (tertiary alicyclic amines) is 1. The van der Waals surface area contributed by atoms with Gasteiger partial charge in [0.2, 0.25) is 0 Å². The van der Waals surface area contributed by atoms with Gasteiger partial charge in [0, 0.05) is 27.6 Å². The van der Waals surface area contributed by atoms with Crippen LogP contribution in [0.5, 0.6) is 5.75 Å². The maximum absolute atomic E-state index is 12.6. The molecule has 2 aromatic rings. The van der Waals surface area contributed by atoms with Crippen molar-refractivity contribution in [3.05, 3.63) is 27.5 Å². The van der Waals surface area contributed by atoms with Gasteiger partial charge in [-0.05, 0) is 56.9 Å². The number of hydrogen-bond donors (Lipinski definition) is 1. The van der Waals surface area contributed by atoms with Gasteiger partial charge in [0.05, 0.1) is 6.61 Å². The number of nitrogens with zero attached hydrogens (tertiary/aromatic N) is 1. The Hall–Kier alpha value is -0.630. The van der Waals surface area contributed by atoms with Crippen molar-refractivity contribution in [2.45, 2.75) is 19.8 Å². The van der Waals surface area contributed by atoms with E-state index in [4.69, 9.17) is 4.74 Å². The molecular weight excluding hydrogens is 468 g/mol. The van der Waals surface area contributed by atoms with E-state index in [-0.39, 0.29) is 5.91 Å². The van der Waals surface area contributed by atoms with Gasteiger partial charge in [0.1, 0.15) is 4.88 Å². The van der Waals surface area contributed by atoms with Crippen LogP contribution in [0.25, 0.3) is 10.1 Å². The summed E-state index contributed by atoms with van der Waals surface area (Å²) >= 11 is 7.92. The molecule has 25 heavy (non-hydrogen) atoms. The van der Waals surface area contributed by atoms with Crippen LogP contribution in [0, 0.1) is 0 Å². The minimum atomic E-state index is -0.0371. The minimum Gasteiger partial charge on any atom is -0.491 e. The Labute approximate surface area is 170 Å². The molecule has 0 unspecified atom stereocenters. The molecule has 1 fully saturated rings. The Morgan fingerprint density at radius 1 is 1.32 bits per heavy atom. The Balaban J connectivity index is 0.00000109. The fourth-order valence-corrected chi connectivity index (χ4v) is 4.30. The van der Waals surface area contributed by atoms with Gasteiger partial charge in [-0.15, -0.1) is 11.3 Å². The van der Waals surface area contributed by atoms with Gasteiger partial charge in [0.15, 0.2) is 5.75 Å². The highest BCUT2D eigenvalue weighted by Gasteiger charge is 2.20. The molecule has 0 bridgehead atoms. The van der Waals surface area contributed by atoms with Crippen LogP contribution in [-0.4, -0.2) is 49.4 Å². The first-order valence-electron chi connectivity index (χ1n) is 8.42. The van der Waals surface area contributed by atoms with Crippen molar-refractivity contribution in [1.82, 2.24) is 10.2 Å². The van der Waals surface area contributed by atoms with Crippen LogP contribution in [0.15, 0.2) is 22.7 Å². The largest absolute Gasteiger partial charge is 0.491 e. The van der Waals surface area contributed by atoms with Crippen molar-refractivity contribution in [2.24, 2.45) is 0 Å². The molecule has 4 nitrogen and oxygen atoms in total. The third kappa shape index (κ3) is 5.42. The van der Waals surface area contributed by atoms with E-state index in [0.29, 0.717) is 23.8 Å². The molecule has 0 saturated carbocycles. The van der Waals surface area contributed by atoms with Crippen molar-refractivity contribution in [1.29, 1.82) is 0 Å². The highest BCUT2D eigenvalue weighted by atomic mass is 79.9. The van der Waals surface area contributed by atoms with Gasteiger partial charge >= 0.3 is 0 Å². The number of amides is 1. The summed E-state index contributed by atoms with van der Waals surface area (Å²) in [6.45, 7) is 6.39. The molecule has 1 amide bonds. The summed E-state index contributed by atoms with van der Waals surface area (Å²) in [5, 5.41) is 4.03. The van der Waals surface area contributed by atoms with E-state index in [9.17, 15) is 4.79 Å². The zero-order chi connectivity index (χ0) is 18.2. The van der Waals surface area contributed by atoms with E-state index in [1.165, 1.54) is 24.2 Å². The third-order valence-corrected chi connectivity index (χ3v) is 5.66. The maximum Gasteiger partial charge on any atom is 0.265 e. The lowest BCUT2D eigenvalue weighted by Gasteiger charge is -2.14. The van der Waals surface area contributed by atoms with Crippen molar-refractivity contribution in [3.63, 3.8) is 0 Å². The normalized spacial score (nSPS) is 14.2. The average molecular weight is 492 g/mol. The quantitative estimate of drug-likeness (QED) is 0.584. The molecule has 1 N–H and O–H groups in total. The molecule has 1 saturated heterocycles. The first-order valence-corrected chi connectivity index (χ1v) is 11.6. The second kappa shape index (κ2) is 10.5. The molecule has 138 valence electrons. The smallest absolute Gasteiger partial charge is 0.265 e. The summed E-state index contributed by atoms with van der Waals surface area (Å²) in [4.78, 5) is 15.6. The number of thiophene rings is 1. The van der Waals surface area contributed by atoms with Gasteiger partial charge in [-0.2, -0.15) is 0 Å². The highest BCUT2D eigenvalue weighted by Crippen LogP contribution is 2.39. The van der Waals surface area contributed by atoms with Crippen LogP contribution in [-0.2, 0) is 0 Å². The van der Waals surface area contributed by atoms with Crippen LogP contribution in [0.2, 0.25) is 0 Å². The second-order valence-electron chi connectivity index (χ2n) is 5.64. The maximum atomic E-state index is 12.6. The Bertz CT molecular complexity index is 700. The molecule has 0 aliphatic carbocycles. The number of benzene rings is 1. The number of carbonyl (C=O) groups excluding carboxylic acids is 1. The fourth-order valence-electron chi connectivity index (χ4n) is 2.90. The summed E-state index contributed by atoms with van der Waals surface area (Å²) < 4.78 is 7.83. The molecule has 0 atom stereocenters. The predicted molar refractivity (Wildman–Crippen MR) is 114 cm³/mol. The van der Waals surface area contributed by atoms with E-state index in [1.54, 1.807) is 0 Å². The lowest BCUT2D eigenvalue weighted by Crippen LogP contribution is -2.33. The predicted octanol–water partition coefficient (Wildman–Crippen LogP) is 4.90. The third-order valence-electron chi connectivity index (χ3n) is 4.01. The Morgan fingerprint density at radius 2 is 2.04 bits per heavy atom. The Kier molecular flexibility index (Phi) is 8.69. The molecule has 1 aliphatic heterocycles. The van der Waals surface area contributed by atoms with Crippen molar-refractivity contribution >= 4 is 59.2 Å². The summed E-state index contributed by atoms with van der Waals surface area (Å²) in [5.41, 5.74) is 0. The molecule has 3 rings (SSSR count). The number of fused-ring (bicyclic) bond motifs is 1. The van der Waals surface area contributed by atoms with Crippen LogP contribution in [0.3, 0.4) is 0 Å². The number of hydrogen-bond acceptors (Lipinski definition) is 4. The monoisotopic (exact) mass is 490 g/mol. The standard InChI is InChI=1S/C17H21BrN2O2S.CH3Br/c1-2-22-15-13-11-12(18)5-6-14(13)23-16(15)17(21)19-7-10-20-8-3-4-9-20;1-2/h5-6,11H,2-4,7-10H2,1H3,(H,19,21);1H3. The van der Waals surface area contributed by atoms with E-state index in [0.717, 1.165) is 34.2 Å². The number of alkyl halides is 1. The topological polar surface area (TPSA) is 41.6 Å².